The summed E-state index contributed by atoms with van der Waals surface area (Å²) in [5.74, 6) is 0. The van der Waals surface area contributed by atoms with Crippen molar-refractivity contribution >= 4 is 11.6 Å². The number of rotatable bonds is 5. The summed E-state index contributed by atoms with van der Waals surface area (Å²) in [6.07, 6.45) is 11.2. The van der Waals surface area contributed by atoms with Gasteiger partial charge in [-0.15, -0.1) is 0 Å². The van der Waals surface area contributed by atoms with Crippen molar-refractivity contribution in [2.24, 2.45) is 0 Å². The van der Waals surface area contributed by atoms with E-state index in [1.807, 2.05) is 0 Å². The Balaban J connectivity index is 1.50. The van der Waals surface area contributed by atoms with E-state index in [2.05, 4.69) is 80.3 Å². The Hall–Kier alpha value is -2.60. The van der Waals surface area contributed by atoms with E-state index < -0.39 is 0 Å². The van der Waals surface area contributed by atoms with Crippen LogP contribution in [-0.4, -0.2) is 0 Å². The summed E-state index contributed by atoms with van der Waals surface area (Å²) < 4.78 is 0. The number of allylic oxidation sites excluding steroid dienone is 6. The summed E-state index contributed by atoms with van der Waals surface area (Å²) in [4.78, 5) is 0. The van der Waals surface area contributed by atoms with Crippen molar-refractivity contribution in [3.05, 3.63) is 106 Å². The molecule has 2 aromatic carbocycles. The Labute approximate surface area is 150 Å². The van der Waals surface area contributed by atoms with E-state index in [0.717, 1.165) is 25.7 Å². The first-order valence-electron chi connectivity index (χ1n) is 9.20. The topological polar surface area (TPSA) is 0 Å². The lowest BCUT2D eigenvalue weighted by molar-refractivity contribution is 1.14. The first-order chi connectivity index (χ1) is 12.2. The highest BCUT2D eigenvalue weighted by molar-refractivity contribution is 5.74. The van der Waals surface area contributed by atoms with Gasteiger partial charge in [-0.3, -0.25) is 0 Å². The minimum atomic E-state index is 0.936. The van der Waals surface area contributed by atoms with Gasteiger partial charge in [0.1, 0.15) is 0 Å². The van der Waals surface area contributed by atoms with Crippen LogP contribution in [0.15, 0.2) is 84.0 Å². The van der Waals surface area contributed by atoms with Crippen LogP contribution >= 0.6 is 0 Å². The molecule has 0 N–H and O–H groups in total. The van der Waals surface area contributed by atoms with E-state index in [0.29, 0.717) is 0 Å². The van der Waals surface area contributed by atoms with Gasteiger partial charge in [-0.25, -0.2) is 0 Å². The van der Waals surface area contributed by atoms with Gasteiger partial charge in [-0.1, -0.05) is 80.3 Å². The monoisotopic (exact) mass is 324 g/mol. The molecule has 0 spiro atoms. The zero-order valence-corrected chi connectivity index (χ0v) is 14.9. The molecule has 2 aliphatic rings. The van der Waals surface area contributed by atoms with Gasteiger partial charge < -0.3 is 0 Å². The van der Waals surface area contributed by atoms with Crippen molar-refractivity contribution in [3.63, 3.8) is 0 Å². The van der Waals surface area contributed by atoms with Gasteiger partial charge in [-0.05, 0) is 70.2 Å². The Kier molecular flexibility index (Phi) is 4.28. The fourth-order valence-electron chi connectivity index (χ4n) is 3.83. The third kappa shape index (κ3) is 3.17. The third-order valence-corrected chi connectivity index (χ3v) is 5.32. The van der Waals surface area contributed by atoms with Crippen LogP contribution in [0.5, 0.6) is 0 Å². The molecule has 0 amide bonds. The number of benzene rings is 2. The van der Waals surface area contributed by atoms with E-state index in [4.69, 9.17) is 0 Å². The summed E-state index contributed by atoms with van der Waals surface area (Å²) in [7, 11) is 0. The Morgan fingerprint density at radius 2 is 1.80 bits per heavy atom. The molecule has 0 aliphatic heterocycles. The second kappa shape index (κ2) is 6.72. The maximum Gasteiger partial charge on any atom is -0.00137 e. The zero-order chi connectivity index (χ0) is 17.2. The molecule has 0 atom stereocenters. The fourth-order valence-corrected chi connectivity index (χ4v) is 3.83. The largest absolute Gasteiger partial charge is 0.0949 e. The van der Waals surface area contributed by atoms with E-state index in [-0.39, 0.29) is 0 Å². The molecule has 124 valence electrons. The number of fused-ring (bicyclic) bond motifs is 1. The molecule has 0 saturated heterocycles. The molecule has 0 nitrogen and oxygen atoms in total. The van der Waals surface area contributed by atoms with E-state index in [9.17, 15) is 0 Å². The van der Waals surface area contributed by atoms with E-state index in [1.54, 1.807) is 0 Å². The summed E-state index contributed by atoms with van der Waals surface area (Å²) in [6.45, 7) is 6.55. The molecule has 0 saturated carbocycles. The molecular weight excluding hydrogens is 300 g/mol. The lowest BCUT2D eigenvalue weighted by Gasteiger charge is -2.13. The molecule has 0 bridgehead atoms. The second-order valence-corrected chi connectivity index (χ2v) is 6.96. The van der Waals surface area contributed by atoms with Crippen LogP contribution in [-0.2, 0) is 12.8 Å². The molecule has 0 heterocycles. The maximum atomic E-state index is 4.36. The predicted octanol–water partition coefficient (Wildman–Crippen LogP) is 6.55. The van der Waals surface area contributed by atoms with Crippen molar-refractivity contribution in [3.8, 4) is 0 Å². The summed E-state index contributed by atoms with van der Waals surface area (Å²) in [5, 5.41) is 0. The highest BCUT2D eigenvalue weighted by atomic mass is 14.2. The van der Waals surface area contributed by atoms with Gasteiger partial charge in [0.15, 0.2) is 0 Å². The maximum absolute atomic E-state index is 4.36. The van der Waals surface area contributed by atoms with Crippen LogP contribution in [0.2, 0.25) is 0 Å². The van der Waals surface area contributed by atoms with E-state index in [1.165, 1.54) is 44.5 Å². The average Bonchev–Trinajstić information content (AvgIpc) is 3.27. The summed E-state index contributed by atoms with van der Waals surface area (Å²) in [5.41, 5.74) is 11.0. The van der Waals surface area contributed by atoms with Crippen molar-refractivity contribution in [1.29, 1.82) is 0 Å². The van der Waals surface area contributed by atoms with Gasteiger partial charge in [0.2, 0.25) is 0 Å². The third-order valence-electron chi connectivity index (χ3n) is 5.32. The van der Waals surface area contributed by atoms with Gasteiger partial charge in [0.25, 0.3) is 0 Å². The normalized spacial score (nSPS) is 15.5. The summed E-state index contributed by atoms with van der Waals surface area (Å²) in [6, 6.07) is 17.6. The SMILES string of the molecule is C=C(CC1=CCC=C1C1=Cc2ccccc2C1)c1ccc(CC)cc1. The predicted molar refractivity (Wildman–Crippen MR) is 108 cm³/mol. The number of hydrogen-bond donors (Lipinski definition) is 0. The lowest BCUT2D eigenvalue weighted by Crippen LogP contribution is -1.95. The van der Waals surface area contributed by atoms with Crippen LogP contribution in [0.25, 0.3) is 11.6 Å². The van der Waals surface area contributed by atoms with Gasteiger partial charge in [0, 0.05) is 0 Å². The highest BCUT2D eigenvalue weighted by Crippen LogP contribution is 2.38. The first-order valence-corrected chi connectivity index (χ1v) is 9.20. The molecule has 2 aromatic rings. The molecule has 2 aliphatic carbocycles. The minimum Gasteiger partial charge on any atom is -0.0949 e. The molecule has 0 radical (unpaired) electrons. The van der Waals surface area contributed by atoms with E-state index >= 15 is 0 Å². The molecule has 0 aromatic heterocycles. The van der Waals surface area contributed by atoms with Crippen molar-refractivity contribution in [1.82, 2.24) is 0 Å². The molecule has 0 unspecified atom stereocenters. The van der Waals surface area contributed by atoms with Gasteiger partial charge >= 0.3 is 0 Å². The zero-order valence-electron chi connectivity index (χ0n) is 14.9. The van der Waals surface area contributed by atoms with Crippen LogP contribution in [0.3, 0.4) is 0 Å². The molecule has 0 heteroatoms. The standard InChI is InChI=1S/C25H24/c1-3-19-11-13-20(14-12-19)18(2)15-23-9-6-10-25(23)24-16-21-7-4-5-8-22(21)17-24/h4-5,7-14,16H,2-3,6,15,17H2,1H3. The van der Waals surface area contributed by atoms with Crippen LogP contribution in [0.1, 0.15) is 42.0 Å². The quantitative estimate of drug-likeness (QED) is 0.585. The Morgan fingerprint density at radius 1 is 1.00 bits per heavy atom. The molecule has 4 rings (SSSR count). The van der Waals surface area contributed by atoms with Crippen LogP contribution in [0.4, 0.5) is 0 Å². The van der Waals surface area contributed by atoms with Crippen LogP contribution < -0.4 is 0 Å². The molecule has 0 fully saturated rings. The summed E-state index contributed by atoms with van der Waals surface area (Å²) >= 11 is 0. The lowest BCUT2D eigenvalue weighted by atomic mass is 9.92. The van der Waals surface area contributed by atoms with Crippen molar-refractivity contribution in [2.75, 3.05) is 0 Å². The minimum absolute atomic E-state index is 0.936. The molecule has 25 heavy (non-hydrogen) atoms. The van der Waals surface area contributed by atoms with Crippen molar-refractivity contribution in [2.45, 2.75) is 32.6 Å². The number of hydrogen-bond acceptors (Lipinski definition) is 0. The Bertz CT molecular complexity index is 901. The van der Waals surface area contributed by atoms with Crippen LogP contribution in [0, 0.1) is 0 Å². The van der Waals surface area contributed by atoms with Gasteiger partial charge in [-0.2, -0.15) is 0 Å². The smallest absolute Gasteiger partial charge is 0.00137 e. The Morgan fingerprint density at radius 3 is 2.56 bits per heavy atom. The first kappa shape index (κ1) is 15.9. The molecular formula is C25H24. The fraction of sp³-hybridized carbons (Fsp3) is 0.200. The number of aryl methyl sites for hydroxylation is 1. The average molecular weight is 324 g/mol. The van der Waals surface area contributed by atoms with Gasteiger partial charge in [0.05, 0.1) is 0 Å². The second-order valence-electron chi connectivity index (χ2n) is 6.96. The van der Waals surface area contributed by atoms with Crippen molar-refractivity contribution < 1.29 is 0 Å². The highest BCUT2D eigenvalue weighted by Gasteiger charge is 2.20.